The van der Waals surface area contributed by atoms with Crippen molar-refractivity contribution in [2.24, 2.45) is 7.05 Å². The monoisotopic (exact) mass is 214 g/mol. The standard InChI is InChI=1S/C10H10N6/c1-16-7-14-9(15-16)6-13-10-8(5-11)3-2-4-12-10/h2-4,7H,6H2,1H3,(H,12,13). The average Bonchev–Trinajstić information content (AvgIpc) is 2.73. The molecule has 2 heterocycles. The van der Waals surface area contributed by atoms with Crippen LogP contribution in [0.15, 0.2) is 24.7 Å². The van der Waals surface area contributed by atoms with E-state index in [0.29, 0.717) is 23.8 Å². The molecule has 0 aliphatic rings. The minimum atomic E-state index is 0.451. The zero-order valence-electron chi connectivity index (χ0n) is 8.75. The number of pyridine rings is 1. The van der Waals surface area contributed by atoms with Crippen LogP contribution in [0, 0.1) is 11.3 Å². The van der Waals surface area contributed by atoms with E-state index in [1.54, 1.807) is 36.4 Å². The van der Waals surface area contributed by atoms with E-state index in [2.05, 4.69) is 26.5 Å². The first-order chi connectivity index (χ1) is 7.79. The summed E-state index contributed by atoms with van der Waals surface area (Å²) < 4.78 is 1.63. The van der Waals surface area contributed by atoms with Crippen LogP contribution in [0.3, 0.4) is 0 Å². The topological polar surface area (TPSA) is 79.4 Å². The molecule has 16 heavy (non-hydrogen) atoms. The fourth-order valence-electron chi connectivity index (χ4n) is 1.26. The molecule has 2 aromatic rings. The van der Waals surface area contributed by atoms with Crippen molar-refractivity contribution in [2.45, 2.75) is 6.54 Å². The summed E-state index contributed by atoms with van der Waals surface area (Å²) in [7, 11) is 1.80. The molecule has 1 N–H and O–H groups in total. The van der Waals surface area contributed by atoms with E-state index >= 15 is 0 Å². The molecule has 0 aliphatic carbocycles. The van der Waals surface area contributed by atoms with E-state index in [9.17, 15) is 0 Å². The Bertz CT molecular complexity index is 524. The molecular formula is C10H10N6. The van der Waals surface area contributed by atoms with Crippen LogP contribution in [0.2, 0.25) is 0 Å². The first-order valence-electron chi connectivity index (χ1n) is 4.73. The fourth-order valence-corrected chi connectivity index (χ4v) is 1.26. The van der Waals surface area contributed by atoms with Gasteiger partial charge in [0.2, 0.25) is 0 Å². The van der Waals surface area contributed by atoms with Crippen molar-refractivity contribution in [2.75, 3.05) is 5.32 Å². The van der Waals surface area contributed by atoms with Crippen LogP contribution in [0.4, 0.5) is 5.82 Å². The molecule has 0 spiro atoms. The number of aromatic nitrogens is 4. The van der Waals surface area contributed by atoms with Gasteiger partial charge in [0.1, 0.15) is 18.2 Å². The maximum absolute atomic E-state index is 8.85. The molecule has 0 radical (unpaired) electrons. The Morgan fingerprint density at radius 3 is 3.06 bits per heavy atom. The Morgan fingerprint density at radius 1 is 1.50 bits per heavy atom. The van der Waals surface area contributed by atoms with Gasteiger partial charge < -0.3 is 5.32 Å². The summed E-state index contributed by atoms with van der Waals surface area (Å²) in [5.74, 6) is 1.22. The number of nitrogens with zero attached hydrogens (tertiary/aromatic N) is 5. The third-order valence-corrected chi connectivity index (χ3v) is 1.99. The van der Waals surface area contributed by atoms with Gasteiger partial charge in [0, 0.05) is 13.2 Å². The number of rotatable bonds is 3. The molecule has 2 aromatic heterocycles. The van der Waals surface area contributed by atoms with Crippen LogP contribution in [-0.2, 0) is 13.6 Å². The van der Waals surface area contributed by atoms with Crippen LogP contribution in [0.25, 0.3) is 0 Å². The summed E-state index contributed by atoms with van der Waals surface area (Å²) in [6, 6.07) is 5.50. The summed E-state index contributed by atoms with van der Waals surface area (Å²) in [5, 5.41) is 16.0. The van der Waals surface area contributed by atoms with Gasteiger partial charge >= 0.3 is 0 Å². The van der Waals surface area contributed by atoms with Gasteiger partial charge in [-0.25, -0.2) is 9.97 Å². The average molecular weight is 214 g/mol. The number of anilines is 1. The molecule has 2 rings (SSSR count). The molecule has 0 bridgehead atoms. The summed E-state index contributed by atoms with van der Waals surface area (Å²) >= 11 is 0. The van der Waals surface area contributed by atoms with Gasteiger partial charge in [-0.15, -0.1) is 0 Å². The molecule has 0 amide bonds. The Balaban J connectivity index is 2.08. The molecule has 0 aromatic carbocycles. The second-order valence-electron chi connectivity index (χ2n) is 3.20. The Kier molecular flexibility index (Phi) is 2.78. The lowest BCUT2D eigenvalue weighted by molar-refractivity contribution is 0.747. The van der Waals surface area contributed by atoms with Gasteiger partial charge in [0.05, 0.1) is 12.1 Å². The summed E-state index contributed by atoms with van der Waals surface area (Å²) in [6.07, 6.45) is 3.26. The lowest BCUT2D eigenvalue weighted by atomic mass is 10.3. The van der Waals surface area contributed by atoms with E-state index in [4.69, 9.17) is 5.26 Å². The molecule has 0 saturated carbocycles. The smallest absolute Gasteiger partial charge is 0.169 e. The van der Waals surface area contributed by atoms with Crippen molar-refractivity contribution in [3.05, 3.63) is 36.0 Å². The lowest BCUT2D eigenvalue weighted by Gasteiger charge is -2.03. The van der Waals surface area contributed by atoms with Crippen molar-refractivity contribution in [1.29, 1.82) is 5.26 Å². The minimum Gasteiger partial charge on any atom is -0.362 e. The SMILES string of the molecule is Cn1cnc(CNc2ncccc2C#N)n1. The van der Waals surface area contributed by atoms with Gasteiger partial charge in [-0.1, -0.05) is 0 Å². The molecule has 0 unspecified atom stereocenters. The van der Waals surface area contributed by atoms with E-state index in [1.165, 1.54) is 0 Å². The molecule has 6 nitrogen and oxygen atoms in total. The van der Waals surface area contributed by atoms with Crippen LogP contribution < -0.4 is 5.32 Å². The van der Waals surface area contributed by atoms with E-state index in [0.717, 1.165) is 0 Å². The third-order valence-electron chi connectivity index (χ3n) is 1.99. The molecular weight excluding hydrogens is 204 g/mol. The molecule has 0 atom stereocenters. The highest BCUT2D eigenvalue weighted by atomic mass is 15.3. The highest BCUT2D eigenvalue weighted by Gasteiger charge is 2.03. The summed E-state index contributed by atoms with van der Waals surface area (Å²) in [6.45, 7) is 0.451. The van der Waals surface area contributed by atoms with Crippen molar-refractivity contribution in [3.63, 3.8) is 0 Å². The van der Waals surface area contributed by atoms with E-state index < -0.39 is 0 Å². The molecule has 0 saturated heterocycles. The van der Waals surface area contributed by atoms with E-state index in [-0.39, 0.29) is 0 Å². The second kappa shape index (κ2) is 4.40. The maximum atomic E-state index is 8.85. The van der Waals surface area contributed by atoms with Crippen molar-refractivity contribution in [3.8, 4) is 6.07 Å². The Morgan fingerprint density at radius 2 is 2.38 bits per heavy atom. The first-order valence-corrected chi connectivity index (χ1v) is 4.73. The van der Waals surface area contributed by atoms with Gasteiger partial charge in [-0.05, 0) is 12.1 Å². The summed E-state index contributed by atoms with van der Waals surface area (Å²) in [5.41, 5.74) is 0.512. The zero-order chi connectivity index (χ0) is 11.4. The third kappa shape index (κ3) is 2.15. The second-order valence-corrected chi connectivity index (χ2v) is 3.20. The molecule has 6 heteroatoms. The maximum Gasteiger partial charge on any atom is 0.169 e. The van der Waals surface area contributed by atoms with Crippen LogP contribution >= 0.6 is 0 Å². The van der Waals surface area contributed by atoms with Gasteiger partial charge in [0.25, 0.3) is 0 Å². The van der Waals surface area contributed by atoms with Crippen molar-refractivity contribution in [1.82, 2.24) is 19.7 Å². The Labute approximate surface area is 92.6 Å². The lowest BCUT2D eigenvalue weighted by Crippen LogP contribution is -2.05. The van der Waals surface area contributed by atoms with Gasteiger partial charge in [0.15, 0.2) is 5.82 Å². The van der Waals surface area contributed by atoms with Crippen molar-refractivity contribution < 1.29 is 0 Å². The molecule has 0 aliphatic heterocycles. The predicted octanol–water partition coefficient (Wildman–Crippen LogP) is 0.694. The fraction of sp³-hybridized carbons (Fsp3) is 0.200. The highest BCUT2D eigenvalue weighted by molar-refractivity contribution is 5.51. The number of hydrogen-bond donors (Lipinski definition) is 1. The number of aryl methyl sites for hydroxylation is 1. The molecule has 0 fully saturated rings. The van der Waals surface area contributed by atoms with E-state index in [1.807, 2.05) is 0 Å². The Hall–Kier alpha value is -2.42. The first kappa shape index (κ1) is 10.1. The van der Waals surface area contributed by atoms with Crippen LogP contribution in [0.5, 0.6) is 0 Å². The van der Waals surface area contributed by atoms with Gasteiger partial charge in [-0.2, -0.15) is 10.4 Å². The quantitative estimate of drug-likeness (QED) is 0.813. The van der Waals surface area contributed by atoms with Crippen LogP contribution in [-0.4, -0.2) is 19.7 Å². The largest absolute Gasteiger partial charge is 0.362 e. The minimum absolute atomic E-state index is 0.451. The summed E-state index contributed by atoms with van der Waals surface area (Å²) in [4.78, 5) is 8.14. The zero-order valence-corrected chi connectivity index (χ0v) is 8.75. The number of nitriles is 1. The normalized spacial score (nSPS) is 9.75. The van der Waals surface area contributed by atoms with Crippen LogP contribution in [0.1, 0.15) is 11.4 Å². The number of hydrogen-bond acceptors (Lipinski definition) is 5. The van der Waals surface area contributed by atoms with Gasteiger partial charge in [-0.3, -0.25) is 4.68 Å². The highest BCUT2D eigenvalue weighted by Crippen LogP contribution is 2.09. The predicted molar refractivity (Wildman–Crippen MR) is 57.3 cm³/mol. The molecule has 80 valence electrons. The number of nitrogens with one attached hydrogen (secondary N) is 1. The van der Waals surface area contributed by atoms with Crippen molar-refractivity contribution >= 4 is 5.82 Å².